The molecule has 1 aromatic carbocycles. The predicted octanol–water partition coefficient (Wildman–Crippen LogP) is 2.37. The molecule has 2 heterocycles. The molecule has 0 aromatic heterocycles. The van der Waals surface area contributed by atoms with E-state index < -0.39 is 0 Å². The van der Waals surface area contributed by atoms with E-state index in [0.717, 1.165) is 18.4 Å². The number of carbonyl (C=O) groups is 2. The zero-order chi connectivity index (χ0) is 17.6. The van der Waals surface area contributed by atoms with Crippen molar-refractivity contribution >= 4 is 23.4 Å². The van der Waals surface area contributed by atoms with Gasteiger partial charge in [-0.3, -0.25) is 9.59 Å². The highest BCUT2D eigenvalue weighted by Crippen LogP contribution is 2.22. The summed E-state index contributed by atoms with van der Waals surface area (Å²) in [6.07, 6.45) is 2.64. The Morgan fingerprint density at radius 3 is 2.40 bits per heavy atom. The maximum Gasteiger partial charge on any atom is 0.225 e. The molecule has 6 heteroatoms. The lowest BCUT2D eigenvalue weighted by atomic mass is 9.94. The van der Waals surface area contributed by atoms with Crippen molar-refractivity contribution in [1.82, 2.24) is 9.80 Å². The Labute approximate surface area is 153 Å². The monoisotopic (exact) mass is 364 g/mol. The van der Waals surface area contributed by atoms with Gasteiger partial charge in [0.15, 0.2) is 0 Å². The van der Waals surface area contributed by atoms with Gasteiger partial charge in [-0.25, -0.2) is 0 Å². The Bertz CT molecular complexity index is 608. The van der Waals surface area contributed by atoms with E-state index >= 15 is 0 Å². The van der Waals surface area contributed by atoms with Gasteiger partial charge in [0, 0.05) is 43.5 Å². The van der Waals surface area contributed by atoms with Crippen LogP contribution in [0.5, 0.6) is 0 Å². The van der Waals surface area contributed by atoms with Gasteiger partial charge in [-0.2, -0.15) is 0 Å². The van der Waals surface area contributed by atoms with Crippen molar-refractivity contribution in [2.45, 2.75) is 25.7 Å². The zero-order valence-electron chi connectivity index (χ0n) is 14.5. The summed E-state index contributed by atoms with van der Waals surface area (Å²) in [5.41, 5.74) is 1.01. The van der Waals surface area contributed by atoms with Crippen LogP contribution >= 0.6 is 11.6 Å². The van der Waals surface area contributed by atoms with E-state index in [1.165, 1.54) is 0 Å². The zero-order valence-corrected chi connectivity index (χ0v) is 15.2. The summed E-state index contributed by atoms with van der Waals surface area (Å²) in [6, 6.07) is 7.64. The smallest absolute Gasteiger partial charge is 0.225 e. The average Bonchev–Trinajstić information content (AvgIpc) is 2.67. The van der Waals surface area contributed by atoms with Crippen molar-refractivity contribution in [3.63, 3.8) is 0 Å². The molecule has 5 nitrogen and oxygen atoms in total. The van der Waals surface area contributed by atoms with E-state index in [4.69, 9.17) is 16.3 Å². The molecule has 0 atom stereocenters. The second-order valence-corrected chi connectivity index (χ2v) is 7.09. The van der Waals surface area contributed by atoms with E-state index in [-0.39, 0.29) is 17.7 Å². The molecule has 2 aliphatic rings. The first kappa shape index (κ1) is 18.2. The number of aryl methyl sites for hydroxylation is 1. The van der Waals surface area contributed by atoms with Crippen LogP contribution in [0.1, 0.15) is 24.8 Å². The van der Waals surface area contributed by atoms with E-state index in [9.17, 15) is 9.59 Å². The van der Waals surface area contributed by atoms with Gasteiger partial charge in [-0.05, 0) is 30.9 Å². The van der Waals surface area contributed by atoms with Gasteiger partial charge in [-0.1, -0.05) is 29.8 Å². The fourth-order valence-electron chi connectivity index (χ4n) is 3.52. The van der Waals surface area contributed by atoms with Crippen LogP contribution in [-0.2, 0) is 20.7 Å². The summed E-state index contributed by atoms with van der Waals surface area (Å²) in [5, 5.41) is 0.713. The second-order valence-electron chi connectivity index (χ2n) is 6.68. The minimum absolute atomic E-state index is 0.0470. The molecule has 0 unspecified atom stereocenters. The normalized spacial score (nSPS) is 19.1. The number of ether oxygens (including phenoxy) is 1. The molecule has 0 spiro atoms. The second kappa shape index (κ2) is 8.68. The maximum absolute atomic E-state index is 12.5. The molecule has 2 saturated heterocycles. The van der Waals surface area contributed by atoms with Crippen molar-refractivity contribution in [2.75, 3.05) is 39.4 Å². The quantitative estimate of drug-likeness (QED) is 0.824. The van der Waals surface area contributed by atoms with Crippen LogP contribution in [0.15, 0.2) is 24.3 Å². The van der Waals surface area contributed by atoms with Crippen molar-refractivity contribution in [3.8, 4) is 0 Å². The first-order chi connectivity index (χ1) is 12.1. The summed E-state index contributed by atoms with van der Waals surface area (Å²) in [7, 11) is 0. The van der Waals surface area contributed by atoms with E-state index in [2.05, 4.69) is 0 Å². The fraction of sp³-hybridized carbons (Fsp3) is 0.579. The topological polar surface area (TPSA) is 49.9 Å². The van der Waals surface area contributed by atoms with Gasteiger partial charge in [-0.15, -0.1) is 0 Å². The molecule has 0 aliphatic carbocycles. The predicted molar refractivity (Wildman–Crippen MR) is 96.5 cm³/mol. The van der Waals surface area contributed by atoms with Crippen molar-refractivity contribution in [3.05, 3.63) is 34.9 Å². The number of morpholine rings is 1. The molecular formula is C19H25ClN2O3. The standard InChI is InChI=1S/C19H25ClN2O3/c20-17-4-2-1-3-15(17)5-6-18(23)21-9-7-16(8-10-21)19(24)22-11-13-25-14-12-22/h1-4,16H,5-14H2. The van der Waals surface area contributed by atoms with Crippen molar-refractivity contribution < 1.29 is 14.3 Å². The molecular weight excluding hydrogens is 340 g/mol. The third-order valence-corrected chi connectivity index (χ3v) is 5.45. The van der Waals surface area contributed by atoms with E-state index in [1.54, 1.807) is 0 Å². The highest BCUT2D eigenvalue weighted by molar-refractivity contribution is 6.31. The number of carbonyl (C=O) groups excluding carboxylic acids is 2. The first-order valence-corrected chi connectivity index (χ1v) is 9.40. The molecule has 0 N–H and O–H groups in total. The summed E-state index contributed by atoms with van der Waals surface area (Å²) in [4.78, 5) is 28.8. The lowest BCUT2D eigenvalue weighted by molar-refractivity contribution is -0.143. The SMILES string of the molecule is O=C(CCc1ccccc1Cl)N1CCC(C(=O)N2CCOCC2)CC1. The first-order valence-electron chi connectivity index (χ1n) is 9.03. The summed E-state index contributed by atoms with van der Waals surface area (Å²) >= 11 is 6.15. The molecule has 3 rings (SSSR count). The third-order valence-electron chi connectivity index (χ3n) is 5.09. The molecule has 0 radical (unpaired) electrons. The van der Waals surface area contributed by atoms with Crippen LogP contribution in [0.3, 0.4) is 0 Å². The van der Waals surface area contributed by atoms with Crippen LogP contribution in [-0.4, -0.2) is 61.0 Å². The Morgan fingerprint density at radius 2 is 1.72 bits per heavy atom. The summed E-state index contributed by atoms with van der Waals surface area (Å²) in [5.74, 6) is 0.425. The lowest BCUT2D eigenvalue weighted by Crippen LogP contribution is -2.47. The molecule has 2 amide bonds. The molecule has 2 aliphatic heterocycles. The van der Waals surface area contributed by atoms with Gasteiger partial charge in [0.05, 0.1) is 13.2 Å². The van der Waals surface area contributed by atoms with E-state index in [1.807, 2.05) is 34.1 Å². The van der Waals surface area contributed by atoms with Gasteiger partial charge < -0.3 is 14.5 Å². The number of rotatable bonds is 4. The molecule has 0 bridgehead atoms. The number of halogens is 1. The number of benzene rings is 1. The largest absolute Gasteiger partial charge is 0.378 e. The van der Waals surface area contributed by atoms with Crippen molar-refractivity contribution in [1.29, 1.82) is 0 Å². The highest BCUT2D eigenvalue weighted by Gasteiger charge is 2.30. The molecule has 0 saturated carbocycles. The van der Waals surface area contributed by atoms with Crippen LogP contribution in [0.2, 0.25) is 5.02 Å². The van der Waals surface area contributed by atoms with Crippen LogP contribution in [0.4, 0.5) is 0 Å². The average molecular weight is 365 g/mol. The Hall–Kier alpha value is -1.59. The van der Waals surface area contributed by atoms with Crippen LogP contribution in [0.25, 0.3) is 0 Å². The van der Waals surface area contributed by atoms with Crippen LogP contribution < -0.4 is 0 Å². The third kappa shape index (κ3) is 4.73. The molecule has 1 aromatic rings. The van der Waals surface area contributed by atoms with Gasteiger partial charge in [0.25, 0.3) is 0 Å². The summed E-state index contributed by atoms with van der Waals surface area (Å²) < 4.78 is 5.30. The van der Waals surface area contributed by atoms with Gasteiger partial charge in [0.2, 0.25) is 11.8 Å². The number of likely N-dealkylation sites (tertiary alicyclic amines) is 1. The van der Waals surface area contributed by atoms with Crippen molar-refractivity contribution in [2.24, 2.45) is 5.92 Å². The number of piperidine rings is 1. The lowest BCUT2D eigenvalue weighted by Gasteiger charge is -2.35. The minimum atomic E-state index is 0.0470. The van der Waals surface area contributed by atoms with Crippen LogP contribution in [0, 0.1) is 5.92 Å². The maximum atomic E-state index is 12.5. The minimum Gasteiger partial charge on any atom is -0.378 e. The highest BCUT2D eigenvalue weighted by atomic mass is 35.5. The molecule has 2 fully saturated rings. The number of amides is 2. The Kier molecular flexibility index (Phi) is 6.32. The molecule has 25 heavy (non-hydrogen) atoms. The number of hydrogen-bond acceptors (Lipinski definition) is 3. The Morgan fingerprint density at radius 1 is 1.04 bits per heavy atom. The van der Waals surface area contributed by atoms with Gasteiger partial charge >= 0.3 is 0 Å². The van der Waals surface area contributed by atoms with Gasteiger partial charge in [0.1, 0.15) is 0 Å². The Balaban J connectivity index is 1.44. The summed E-state index contributed by atoms with van der Waals surface area (Å²) in [6.45, 7) is 3.98. The number of nitrogens with zero attached hydrogens (tertiary/aromatic N) is 2. The number of hydrogen-bond donors (Lipinski definition) is 0. The fourth-order valence-corrected chi connectivity index (χ4v) is 3.75. The van der Waals surface area contributed by atoms with E-state index in [0.29, 0.717) is 57.3 Å². The molecule has 136 valence electrons.